The highest BCUT2D eigenvalue weighted by Crippen LogP contribution is 2.29. The van der Waals surface area contributed by atoms with Crippen molar-refractivity contribution in [1.29, 1.82) is 0 Å². The standard InChI is InChI=1S/C17H22N4O4S.ClH/c22-16(19-9-7-11-3-4-12(10-19)18-11)13-2-1-8-20(13)17(23)14-5-6-15(26-14)21(24)25;/h5-6,11-13,18H,1-4,7-10H2;1H. The van der Waals surface area contributed by atoms with Gasteiger partial charge in [0, 0.05) is 37.8 Å². The summed E-state index contributed by atoms with van der Waals surface area (Å²) in [6.07, 6.45) is 4.68. The van der Waals surface area contributed by atoms with Gasteiger partial charge in [0.15, 0.2) is 0 Å². The lowest BCUT2D eigenvalue weighted by Crippen LogP contribution is -2.49. The molecule has 0 saturated carbocycles. The Bertz CT molecular complexity index is 742. The number of thiophene rings is 1. The Morgan fingerprint density at radius 1 is 1.15 bits per heavy atom. The highest BCUT2D eigenvalue weighted by atomic mass is 35.5. The molecule has 8 nitrogen and oxygen atoms in total. The van der Waals surface area contributed by atoms with Crippen LogP contribution in [0.4, 0.5) is 5.00 Å². The summed E-state index contributed by atoms with van der Waals surface area (Å²) in [6, 6.07) is 3.25. The van der Waals surface area contributed by atoms with Crippen LogP contribution in [0, 0.1) is 10.1 Å². The molecule has 1 aromatic rings. The van der Waals surface area contributed by atoms with E-state index in [1.807, 2.05) is 4.90 Å². The van der Waals surface area contributed by atoms with Gasteiger partial charge >= 0.3 is 5.00 Å². The molecule has 3 unspecified atom stereocenters. The quantitative estimate of drug-likeness (QED) is 0.603. The summed E-state index contributed by atoms with van der Waals surface area (Å²) < 4.78 is 0. The van der Waals surface area contributed by atoms with Crippen LogP contribution < -0.4 is 5.32 Å². The van der Waals surface area contributed by atoms with Crippen molar-refractivity contribution in [2.24, 2.45) is 0 Å². The predicted octanol–water partition coefficient (Wildman–Crippen LogP) is 2.04. The van der Waals surface area contributed by atoms with E-state index < -0.39 is 11.0 Å². The monoisotopic (exact) mass is 414 g/mol. The van der Waals surface area contributed by atoms with Crippen molar-refractivity contribution in [3.05, 3.63) is 27.1 Å². The van der Waals surface area contributed by atoms with Gasteiger partial charge in [-0.1, -0.05) is 11.3 Å². The molecule has 148 valence electrons. The van der Waals surface area contributed by atoms with Crippen LogP contribution in [0.3, 0.4) is 0 Å². The van der Waals surface area contributed by atoms with Gasteiger partial charge in [0.2, 0.25) is 5.91 Å². The van der Waals surface area contributed by atoms with Crippen LogP contribution in [-0.2, 0) is 4.79 Å². The Labute approximate surface area is 167 Å². The first-order chi connectivity index (χ1) is 12.5. The lowest BCUT2D eigenvalue weighted by atomic mass is 10.1. The fourth-order valence-electron chi connectivity index (χ4n) is 4.30. The van der Waals surface area contributed by atoms with Gasteiger partial charge in [-0.15, -0.1) is 12.4 Å². The van der Waals surface area contributed by atoms with E-state index in [0.29, 0.717) is 36.5 Å². The summed E-state index contributed by atoms with van der Waals surface area (Å²) in [5, 5.41) is 14.4. The Kier molecular flexibility index (Phi) is 6.02. The molecule has 3 saturated heterocycles. The van der Waals surface area contributed by atoms with Crippen LogP contribution >= 0.6 is 23.7 Å². The lowest BCUT2D eigenvalue weighted by Gasteiger charge is -2.31. The van der Waals surface area contributed by atoms with Gasteiger partial charge in [-0.25, -0.2) is 0 Å². The number of hydrogen-bond acceptors (Lipinski definition) is 6. The second-order valence-corrected chi connectivity index (χ2v) is 8.32. The van der Waals surface area contributed by atoms with Gasteiger partial charge in [-0.2, -0.15) is 0 Å². The first kappa shape index (κ1) is 20.0. The average Bonchev–Trinajstić information content (AvgIpc) is 3.32. The molecule has 0 aromatic carbocycles. The van der Waals surface area contributed by atoms with E-state index in [2.05, 4.69) is 5.32 Å². The van der Waals surface area contributed by atoms with Crippen LogP contribution in [0.5, 0.6) is 0 Å². The summed E-state index contributed by atoms with van der Waals surface area (Å²) >= 11 is 0.873. The number of carbonyl (C=O) groups excluding carboxylic acids is 2. The summed E-state index contributed by atoms with van der Waals surface area (Å²) in [7, 11) is 0. The fourth-order valence-corrected chi connectivity index (χ4v) is 5.08. The molecular weight excluding hydrogens is 392 g/mol. The van der Waals surface area contributed by atoms with E-state index >= 15 is 0 Å². The minimum atomic E-state index is -0.493. The number of nitro groups is 1. The van der Waals surface area contributed by atoms with Crippen molar-refractivity contribution in [2.45, 2.75) is 50.2 Å². The molecule has 4 rings (SSSR count). The van der Waals surface area contributed by atoms with Gasteiger partial charge in [0.1, 0.15) is 6.04 Å². The number of nitrogens with one attached hydrogen (secondary N) is 1. The number of halogens is 1. The number of fused-ring (bicyclic) bond motifs is 2. The summed E-state index contributed by atoms with van der Waals surface area (Å²) in [5.41, 5.74) is 0. The van der Waals surface area contributed by atoms with Crippen LogP contribution in [-0.4, -0.2) is 64.3 Å². The van der Waals surface area contributed by atoms with E-state index in [1.165, 1.54) is 18.6 Å². The highest BCUT2D eigenvalue weighted by Gasteiger charge is 2.40. The molecule has 0 aliphatic carbocycles. The molecule has 27 heavy (non-hydrogen) atoms. The van der Waals surface area contributed by atoms with Gasteiger partial charge in [0.25, 0.3) is 5.91 Å². The lowest BCUT2D eigenvalue weighted by molar-refractivity contribution is -0.380. The van der Waals surface area contributed by atoms with Crippen molar-refractivity contribution >= 4 is 40.6 Å². The third-order valence-corrected chi connectivity index (χ3v) is 6.64. The van der Waals surface area contributed by atoms with Gasteiger partial charge < -0.3 is 15.1 Å². The van der Waals surface area contributed by atoms with Crippen molar-refractivity contribution < 1.29 is 14.5 Å². The topological polar surface area (TPSA) is 95.8 Å². The van der Waals surface area contributed by atoms with Crippen molar-refractivity contribution in [2.75, 3.05) is 19.6 Å². The number of likely N-dealkylation sites (tertiary alicyclic amines) is 2. The molecule has 2 amide bonds. The molecule has 2 bridgehead atoms. The van der Waals surface area contributed by atoms with Crippen LogP contribution in [0.1, 0.15) is 41.8 Å². The van der Waals surface area contributed by atoms with E-state index in [0.717, 1.165) is 37.1 Å². The minimum absolute atomic E-state index is 0. The first-order valence-electron chi connectivity index (χ1n) is 9.13. The Morgan fingerprint density at radius 3 is 2.67 bits per heavy atom. The maximum atomic E-state index is 13.1. The van der Waals surface area contributed by atoms with Gasteiger partial charge in [-0.05, 0) is 38.2 Å². The summed E-state index contributed by atoms with van der Waals surface area (Å²) in [6.45, 7) is 1.97. The zero-order valence-electron chi connectivity index (χ0n) is 14.8. The minimum Gasteiger partial charge on any atom is -0.339 e. The van der Waals surface area contributed by atoms with Crippen LogP contribution in [0.15, 0.2) is 12.1 Å². The number of rotatable bonds is 3. The summed E-state index contributed by atoms with van der Waals surface area (Å²) in [5.74, 6) is -0.246. The molecule has 3 aliphatic heterocycles. The van der Waals surface area contributed by atoms with Crippen LogP contribution in [0.2, 0.25) is 0 Å². The zero-order chi connectivity index (χ0) is 18.3. The van der Waals surface area contributed by atoms with Crippen LogP contribution in [0.25, 0.3) is 0 Å². The molecule has 3 aliphatic rings. The highest BCUT2D eigenvalue weighted by molar-refractivity contribution is 7.17. The van der Waals surface area contributed by atoms with Gasteiger partial charge in [0.05, 0.1) is 9.80 Å². The normalized spacial score (nSPS) is 27.2. The third kappa shape index (κ3) is 3.95. The van der Waals surface area contributed by atoms with Crippen molar-refractivity contribution in [3.8, 4) is 0 Å². The van der Waals surface area contributed by atoms with Crippen molar-refractivity contribution in [3.63, 3.8) is 0 Å². The van der Waals surface area contributed by atoms with E-state index in [-0.39, 0.29) is 29.2 Å². The Morgan fingerprint density at radius 2 is 1.93 bits per heavy atom. The number of hydrogen-bond donors (Lipinski definition) is 1. The Hall–Kier alpha value is -1.71. The molecule has 3 atom stereocenters. The first-order valence-corrected chi connectivity index (χ1v) is 9.94. The summed E-state index contributed by atoms with van der Waals surface area (Å²) in [4.78, 5) is 40.1. The average molecular weight is 415 g/mol. The van der Waals surface area contributed by atoms with E-state index in [1.54, 1.807) is 4.90 Å². The zero-order valence-corrected chi connectivity index (χ0v) is 16.5. The van der Waals surface area contributed by atoms with Gasteiger partial charge in [-0.3, -0.25) is 19.7 Å². The number of carbonyl (C=O) groups is 2. The SMILES string of the molecule is Cl.O=C(C1CCCN1C(=O)c1ccc([N+](=O)[O-])s1)N1CCC2CCC(C1)N2. The molecule has 0 spiro atoms. The maximum absolute atomic E-state index is 13.1. The third-order valence-electron chi connectivity index (χ3n) is 5.62. The molecule has 1 N–H and O–H groups in total. The molecular formula is C17H23ClN4O4S. The fraction of sp³-hybridized carbons (Fsp3) is 0.647. The molecule has 10 heteroatoms. The predicted molar refractivity (Wildman–Crippen MR) is 103 cm³/mol. The van der Waals surface area contributed by atoms with E-state index in [9.17, 15) is 19.7 Å². The van der Waals surface area contributed by atoms with Crippen molar-refractivity contribution in [1.82, 2.24) is 15.1 Å². The molecule has 3 fully saturated rings. The molecule has 1 aromatic heterocycles. The largest absolute Gasteiger partial charge is 0.339 e. The van der Waals surface area contributed by atoms with E-state index in [4.69, 9.17) is 0 Å². The molecule has 0 radical (unpaired) electrons. The second-order valence-electron chi connectivity index (χ2n) is 7.26. The molecule has 4 heterocycles. The number of nitrogens with zero attached hydrogens (tertiary/aromatic N) is 3. The maximum Gasteiger partial charge on any atom is 0.324 e. The Balaban J connectivity index is 0.00000210. The number of amides is 2. The second kappa shape index (κ2) is 8.12. The smallest absolute Gasteiger partial charge is 0.324 e.